The Labute approximate surface area is 313 Å². The molecular weight excluding hydrogens is 685 g/mol. The van der Waals surface area contributed by atoms with Crippen LogP contribution in [0.4, 0.5) is 23.4 Å². The first-order valence-electron chi connectivity index (χ1n) is 17.7. The number of hydrogen-bond donors (Lipinski definition) is 6. The standard InChI is InChI=1S/C40H44N10O4/c1-25-33(10-6-12-35(25)37-47-49-39(53-37)45-31-16-14-29(15-17-31)23-41-18-20-43-27(3)51)34-11-7-13-36(26(34)2)38-48-50-40(54-38)46-32-9-5-8-30(22-32)24-42-19-21-44-28(4)52/h5-17,22,41-42H,18-21,23-24H2,1-4H3,(H,43,51)(H,44,52)(H,45,49)(H,46,50). The van der Waals surface area contributed by atoms with Crippen LogP contribution in [-0.4, -0.2) is 58.4 Å². The number of anilines is 4. The molecule has 0 spiro atoms. The zero-order valence-corrected chi connectivity index (χ0v) is 30.7. The second kappa shape index (κ2) is 17.9. The van der Waals surface area contributed by atoms with E-state index in [1.54, 1.807) is 0 Å². The predicted molar refractivity (Wildman–Crippen MR) is 208 cm³/mol. The normalized spacial score (nSPS) is 11.0. The lowest BCUT2D eigenvalue weighted by Crippen LogP contribution is -2.29. The second-order valence-electron chi connectivity index (χ2n) is 12.7. The molecule has 0 aliphatic heterocycles. The highest BCUT2D eigenvalue weighted by atomic mass is 16.4. The van der Waals surface area contributed by atoms with Crippen molar-refractivity contribution < 1.29 is 18.4 Å². The highest BCUT2D eigenvalue weighted by molar-refractivity contribution is 5.81. The Balaban J connectivity index is 1.10. The minimum Gasteiger partial charge on any atom is -0.403 e. The number of amides is 2. The van der Waals surface area contributed by atoms with Gasteiger partial charge < -0.3 is 40.7 Å². The van der Waals surface area contributed by atoms with Crippen LogP contribution in [0.15, 0.2) is 93.8 Å². The summed E-state index contributed by atoms with van der Waals surface area (Å²) in [5, 5.41) is 35.8. The van der Waals surface area contributed by atoms with Gasteiger partial charge in [-0.05, 0) is 83.6 Å². The van der Waals surface area contributed by atoms with E-state index in [0.29, 0.717) is 51.0 Å². The van der Waals surface area contributed by atoms with Crippen LogP contribution in [0.1, 0.15) is 36.1 Å². The van der Waals surface area contributed by atoms with Crippen molar-refractivity contribution in [1.29, 1.82) is 0 Å². The van der Waals surface area contributed by atoms with Crippen molar-refractivity contribution in [3.63, 3.8) is 0 Å². The molecule has 6 aromatic rings. The SMILES string of the molecule is CC(=O)NCCNCc1ccc(Nc2nnc(-c3cccc(-c4cccc(-c5nnc(Nc6cccc(CNCCNC(C)=O)c6)o5)c4C)c3C)o2)cc1. The van der Waals surface area contributed by atoms with E-state index in [9.17, 15) is 9.59 Å². The molecule has 0 aliphatic carbocycles. The zero-order chi connectivity index (χ0) is 37.9. The molecule has 0 atom stereocenters. The molecule has 14 nitrogen and oxygen atoms in total. The van der Waals surface area contributed by atoms with Crippen LogP contribution in [0.25, 0.3) is 34.0 Å². The lowest BCUT2D eigenvalue weighted by Gasteiger charge is -2.13. The number of rotatable bonds is 17. The van der Waals surface area contributed by atoms with Crippen molar-refractivity contribution in [2.24, 2.45) is 0 Å². The Hall–Kier alpha value is -6.38. The molecule has 2 heterocycles. The van der Waals surface area contributed by atoms with Crippen molar-refractivity contribution >= 4 is 35.2 Å². The Morgan fingerprint density at radius 3 is 1.56 bits per heavy atom. The van der Waals surface area contributed by atoms with Crippen LogP contribution < -0.4 is 31.9 Å². The Bertz CT molecular complexity index is 2200. The Morgan fingerprint density at radius 2 is 1.02 bits per heavy atom. The third-order valence-corrected chi connectivity index (χ3v) is 8.66. The van der Waals surface area contributed by atoms with Crippen LogP contribution in [-0.2, 0) is 22.7 Å². The summed E-state index contributed by atoms with van der Waals surface area (Å²) in [7, 11) is 0. The Morgan fingerprint density at radius 1 is 0.537 bits per heavy atom. The van der Waals surface area contributed by atoms with Crippen LogP contribution in [0, 0.1) is 13.8 Å². The van der Waals surface area contributed by atoms with E-state index in [2.05, 4.69) is 64.4 Å². The number of carbonyl (C=O) groups excluding carboxylic acids is 2. The van der Waals surface area contributed by atoms with Crippen LogP contribution in [0.3, 0.4) is 0 Å². The fourth-order valence-corrected chi connectivity index (χ4v) is 5.91. The highest BCUT2D eigenvalue weighted by Crippen LogP contribution is 2.37. The fourth-order valence-electron chi connectivity index (χ4n) is 5.91. The van der Waals surface area contributed by atoms with Crippen molar-refractivity contribution in [2.75, 3.05) is 36.8 Å². The lowest BCUT2D eigenvalue weighted by molar-refractivity contribution is -0.119. The number of carbonyl (C=O) groups is 2. The molecule has 4 aromatic carbocycles. The summed E-state index contributed by atoms with van der Waals surface area (Å²) in [6, 6.07) is 28.5. The first kappa shape index (κ1) is 37.4. The van der Waals surface area contributed by atoms with E-state index in [1.807, 2.05) is 86.6 Å². The molecule has 2 amide bonds. The average molecular weight is 729 g/mol. The average Bonchev–Trinajstić information content (AvgIpc) is 3.82. The van der Waals surface area contributed by atoms with Gasteiger partial charge in [0.2, 0.25) is 23.6 Å². The lowest BCUT2D eigenvalue weighted by atomic mass is 9.91. The van der Waals surface area contributed by atoms with Crippen molar-refractivity contribution in [3.8, 4) is 34.0 Å². The minimum absolute atomic E-state index is 0.0357. The zero-order valence-electron chi connectivity index (χ0n) is 30.7. The summed E-state index contributed by atoms with van der Waals surface area (Å²) in [4.78, 5) is 22.1. The maximum Gasteiger partial charge on any atom is 0.320 e. The molecule has 0 saturated carbocycles. The largest absolute Gasteiger partial charge is 0.403 e. The third kappa shape index (κ3) is 9.93. The molecule has 14 heteroatoms. The summed E-state index contributed by atoms with van der Waals surface area (Å²) in [6.45, 7) is 11.0. The molecular formula is C40H44N10O4. The minimum atomic E-state index is -0.0428. The van der Waals surface area contributed by atoms with E-state index in [1.165, 1.54) is 13.8 Å². The van der Waals surface area contributed by atoms with E-state index in [-0.39, 0.29) is 23.8 Å². The number of nitrogens with zero attached hydrogens (tertiary/aromatic N) is 4. The van der Waals surface area contributed by atoms with Gasteiger partial charge in [0.05, 0.1) is 0 Å². The fraction of sp³-hybridized carbons (Fsp3) is 0.250. The summed E-state index contributed by atoms with van der Waals surface area (Å²) < 4.78 is 12.2. The first-order valence-corrected chi connectivity index (χ1v) is 17.7. The molecule has 0 radical (unpaired) electrons. The van der Waals surface area contributed by atoms with Gasteiger partial charge in [0.15, 0.2) is 0 Å². The molecule has 0 bridgehead atoms. The van der Waals surface area contributed by atoms with E-state index in [4.69, 9.17) is 8.83 Å². The second-order valence-corrected chi connectivity index (χ2v) is 12.7. The number of aromatic nitrogens is 4. The maximum absolute atomic E-state index is 11.1. The topological polar surface area (TPSA) is 184 Å². The quantitative estimate of drug-likeness (QED) is 0.0603. The van der Waals surface area contributed by atoms with Gasteiger partial charge in [0.1, 0.15) is 0 Å². The van der Waals surface area contributed by atoms with E-state index >= 15 is 0 Å². The van der Waals surface area contributed by atoms with Gasteiger partial charge in [0.25, 0.3) is 0 Å². The van der Waals surface area contributed by atoms with Crippen molar-refractivity contribution in [1.82, 2.24) is 41.7 Å². The van der Waals surface area contributed by atoms with Gasteiger partial charge in [-0.1, -0.05) is 58.7 Å². The van der Waals surface area contributed by atoms with Crippen LogP contribution >= 0.6 is 0 Å². The van der Waals surface area contributed by atoms with Crippen molar-refractivity contribution in [2.45, 2.75) is 40.8 Å². The number of hydrogen-bond acceptors (Lipinski definition) is 12. The maximum atomic E-state index is 11.1. The highest BCUT2D eigenvalue weighted by Gasteiger charge is 2.18. The third-order valence-electron chi connectivity index (χ3n) is 8.66. The molecule has 278 valence electrons. The predicted octanol–water partition coefficient (Wildman–Crippen LogP) is 6.01. The molecule has 6 rings (SSSR count). The Kier molecular flexibility index (Phi) is 12.4. The van der Waals surface area contributed by atoms with Gasteiger partial charge >= 0.3 is 12.0 Å². The van der Waals surface area contributed by atoms with Crippen LogP contribution in [0.5, 0.6) is 0 Å². The molecule has 0 saturated heterocycles. The molecule has 54 heavy (non-hydrogen) atoms. The molecule has 0 aliphatic rings. The van der Waals surface area contributed by atoms with Gasteiger partial charge in [-0.25, -0.2) is 0 Å². The monoisotopic (exact) mass is 728 g/mol. The van der Waals surface area contributed by atoms with Gasteiger partial charge in [-0.3, -0.25) is 9.59 Å². The molecule has 6 N–H and O–H groups in total. The van der Waals surface area contributed by atoms with Gasteiger partial charge in [0, 0.05) is 75.6 Å². The number of nitrogens with one attached hydrogen (secondary N) is 6. The van der Waals surface area contributed by atoms with Gasteiger partial charge in [-0.2, -0.15) is 0 Å². The van der Waals surface area contributed by atoms with Crippen LogP contribution in [0.2, 0.25) is 0 Å². The summed E-state index contributed by atoms with van der Waals surface area (Å²) in [5.41, 5.74) is 9.48. The molecule has 0 unspecified atom stereocenters. The smallest absolute Gasteiger partial charge is 0.320 e. The van der Waals surface area contributed by atoms with E-state index in [0.717, 1.165) is 55.9 Å². The molecule has 2 aromatic heterocycles. The number of benzene rings is 4. The van der Waals surface area contributed by atoms with Gasteiger partial charge in [-0.15, -0.1) is 10.2 Å². The summed E-state index contributed by atoms with van der Waals surface area (Å²) >= 11 is 0. The molecule has 0 fully saturated rings. The summed E-state index contributed by atoms with van der Waals surface area (Å²) in [5.74, 6) is 0.730. The summed E-state index contributed by atoms with van der Waals surface area (Å²) in [6.07, 6.45) is 0. The first-order chi connectivity index (χ1) is 26.2. The van der Waals surface area contributed by atoms with Crippen molar-refractivity contribution in [3.05, 3.63) is 107 Å². The van der Waals surface area contributed by atoms with E-state index < -0.39 is 0 Å².